The summed E-state index contributed by atoms with van der Waals surface area (Å²) in [5.41, 5.74) is 1.26. The molecule has 0 atom stereocenters. The maximum atomic E-state index is 5.78. The van der Waals surface area contributed by atoms with Crippen LogP contribution in [-0.2, 0) is 6.42 Å². The zero-order chi connectivity index (χ0) is 13.3. The van der Waals surface area contributed by atoms with Crippen LogP contribution in [-0.4, -0.2) is 31.1 Å². The van der Waals surface area contributed by atoms with Crippen molar-refractivity contribution in [1.29, 1.82) is 0 Å². The SMILES string of the molecule is [CH2]Cc1ccc(OCCCN2CCCCCC2)cc1. The molecule has 0 saturated carbocycles. The van der Waals surface area contributed by atoms with E-state index in [1.54, 1.807) is 0 Å². The monoisotopic (exact) mass is 260 g/mol. The van der Waals surface area contributed by atoms with Crippen molar-refractivity contribution in [2.45, 2.75) is 38.5 Å². The Kier molecular flexibility index (Phi) is 6.22. The van der Waals surface area contributed by atoms with E-state index in [1.807, 2.05) is 12.1 Å². The Hall–Kier alpha value is -1.02. The minimum atomic E-state index is 0.820. The third kappa shape index (κ3) is 5.23. The standard InChI is InChI=1S/C17H26NO/c1-2-16-8-10-17(11-9-16)19-15-7-14-18-12-5-3-4-6-13-18/h8-11H,1-7,12-15H2. The number of rotatable bonds is 6. The average molecular weight is 260 g/mol. The van der Waals surface area contributed by atoms with Crippen LogP contribution in [0.2, 0.25) is 0 Å². The van der Waals surface area contributed by atoms with Crippen molar-refractivity contribution in [3.05, 3.63) is 36.8 Å². The first-order valence-corrected chi connectivity index (χ1v) is 7.62. The molecule has 2 rings (SSSR count). The van der Waals surface area contributed by atoms with Crippen LogP contribution in [0.3, 0.4) is 0 Å². The summed E-state index contributed by atoms with van der Waals surface area (Å²) in [5, 5.41) is 0. The van der Waals surface area contributed by atoms with E-state index in [2.05, 4.69) is 24.0 Å². The lowest BCUT2D eigenvalue weighted by molar-refractivity contribution is 0.240. The second-order valence-corrected chi connectivity index (χ2v) is 5.35. The number of benzene rings is 1. The predicted molar refractivity (Wildman–Crippen MR) is 80.5 cm³/mol. The molecule has 1 radical (unpaired) electrons. The van der Waals surface area contributed by atoms with E-state index in [-0.39, 0.29) is 0 Å². The summed E-state index contributed by atoms with van der Waals surface area (Å²) in [6.07, 6.45) is 7.52. The molecule has 1 aliphatic rings. The minimum absolute atomic E-state index is 0.820. The van der Waals surface area contributed by atoms with Gasteiger partial charge in [-0.15, -0.1) is 0 Å². The van der Waals surface area contributed by atoms with Crippen molar-refractivity contribution < 1.29 is 4.74 Å². The van der Waals surface area contributed by atoms with Gasteiger partial charge in [-0.25, -0.2) is 0 Å². The van der Waals surface area contributed by atoms with Crippen molar-refractivity contribution >= 4 is 0 Å². The molecule has 1 aliphatic heterocycles. The van der Waals surface area contributed by atoms with Gasteiger partial charge in [0.05, 0.1) is 6.61 Å². The summed E-state index contributed by atoms with van der Waals surface area (Å²) >= 11 is 0. The van der Waals surface area contributed by atoms with Crippen LogP contribution in [0.1, 0.15) is 37.7 Å². The van der Waals surface area contributed by atoms with Gasteiger partial charge in [-0.1, -0.05) is 25.0 Å². The number of likely N-dealkylation sites (tertiary alicyclic amines) is 1. The summed E-state index contributed by atoms with van der Waals surface area (Å²) in [4.78, 5) is 2.59. The molecule has 0 unspecified atom stereocenters. The molecule has 1 saturated heterocycles. The quantitative estimate of drug-likeness (QED) is 0.723. The van der Waals surface area contributed by atoms with Crippen molar-refractivity contribution in [2.75, 3.05) is 26.2 Å². The Morgan fingerprint density at radius 3 is 2.32 bits per heavy atom. The van der Waals surface area contributed by atoms with Gasteiger partial charge in [-0.2, -0.15) is 0 Å². The number of nitrogens with zero attached hydrogens (tertiary/aromatic N) is 1. The first-order valence-electron chi connectivity index (χ1n) is 7.62. The lowest BCUT2D eigenvalue weighted by Crippen LogP contribution is -2.26. The Morgan fingerprint density at radius 2 is 1.68 bits per heavy atom. The van der Waals surface area contributed by atoms with Crippen molar-refractivity contribution in [3.8, 4) is 5.75 Å². The number of hydrogen-bond donors (Lipinski definition) is 0. The molecule has 0 bridgehead atoms. The van der Waals surface area contributed by atoms with Crippen molar-refractivity contribution in [2.24, 2.45) is 0 Å². The van der Waals surface area contributed by atoms with Crippen LogP contribution in [0.5, 0.6) is 5.75 Å². The van der Waals surface area contributed by atoms with Gasteiger partial charge in [0.2, 0.25) is 0 Å². The molecule has 0 aromatic heterocycles. The Balaban J connectivity index is 1.62. The summed E-state index contributed by atoms with van der Waals surface area (Å²) in [5.74, 6) is 0.980. The van der Waals surface area contributed by atoms with Gasteiger partial charge < -0.3 is 9.64 Å². The predicted octanol–water partition coefficient (Wildman–Crippen LogP) is 3.71. The zero-order valence-corrected chi connectivity index (χ0v) is 11.9. The highest BCUT2D eigenvalue weighted by molar-refractivity contribution is 5.27. The van der Waals surface area contributed by atoms with Gasteiger partial charge in [-0.05, 0) is 63.4 Å². The molecule has 0 spiro atoms. The van der Waals surface area contributed by atoms with E-state index in [0.717, 1.165) is 25.2 Å². The average Bonchev–Trinajstić information content (AvgIpc) is 2.73. The molecule has 105 valence electrons. The van der Waals surface area contributed by atoms with Gasteiger partial charge in [0, 0.05) is 6.54 Å². The van der Waals surface area contributed by atoms with Gasteiger partial charge in [0.1, 0.15) is 5.75 Å². The van der Waals surface area contributed by atoms with Crippen molar-refractivity contribution in [1.82, 2.24) is 4.90 Å². The molecule has 0 aliphatic carbocycles. The lowest BCUT2D eigenvalue weighted by atomic mass is 10.2. The molecule has 0 N–H and O–H groups in total. The largest absolute Gasteiger partial charge is 0.494 e. The highest BCUT2D eigenvalue weighted by Crippen LogP contribution is 2.13. The highest BCUT2D eigenvalue weighted by atomic mass is 16.5. The van der Waals surface area contributed by atoms with Crippen LogP contribution in [0, 0.1) is 6.92 Å². The first-order chi connectivity index (χ1) is 9.38. The van der Waals surface area contributed by atoms with E-state index >= 15 is 0 Å². The lowest BCUT2D eigenvalue weighted by Gasteiger charge is -2.19. The molecule has 2 nitrogen and oxygen atoms in total. The second-order valence-electron chi connectivity index (χ2n) is 5.35. The van der Waals surface area contributed by atoms with E-state index < -0.39 is 0 Å². The van der Waals surface area contributed by atoms with Gasteiger partial charge >= 0.3 is 0 Å². The fraction of sp³-hybridized carbons (Fsp3) is 0.588. The smallest absolute Gasteiger partial charge is 0.119 e. The van der Waals surface area contributed by atoms with Crippen LogP contribution >= 0.6 is 0 Å². The summed E-state index contributed by atoms with van der Waals surface area (Å²) in [6.45, 7) is 8.42. The summed E-state index contributed by atoms with van der Waals surface area (Å²) < 4.78 is 5.78. The maximum absolute atomic E-state index is 5.78. The van der Waals surface area contributed by atoms with Crippen molar-refractivity contribution in [3.63, 3.8) is 0 Å². The second kappa shape index (κ2) is 8.21. The van der Waals surface area contributed by atoms with Gasteiger partial charge in [-0.3, -0.25) is 0 Å². The molecular weight excluding hydrogens is 234 g/mol. The highest BCUT2D eigenvalue weighted by Gasteiger charge is 2.08. The third-order valence-corrected chi connectivity index (χ3v) is 3.80. The molecule has 2 heteroatoms. The van der Waals surface area contributed by atoms with Crippen LogP contribution in [0.15, 0.2) is 24.3 Å². The minimum Gasteiger partial charge on any atom is -0.494 e. The molecule has 1 fully saturated rings. The van der Waals surface area contributed by atoms with E-state index in [9.17, 15) is 0 Å². The summed E-state index contributed by atoms with van der Waals surface area (Å²) in [7, 11) is 0. The fourth-order valence-electron chi connectivity index (χ4n) is 2.59. The van der Waals surface area contributed by atoms with Crippen LogP contribution in [0.25, 0.3) is 0 Å². The fourth-order valence-corrected chi connectivity index (χ4v) is 2.59. The normalized spacial score (nSPS) is 17.1. The van der Waals surface area contributed by atoms with E-state index in [4.69, 9.17) is 4.74 Å². The molecular formula is C17H26NO. The Morgan fingerprint density at radius 1 is 1.00 bits per heavy atom. The van der Waals surface area contributed by atoms with Gasteiger partial charge in [0.15, 0.2) is 0 Å². The topological polar surface area (TPSA) is 12.5 Å². The molecule has 1 heterocycles. The van der Waals surface area contributed by atoms with E-state index in [0.29, 0.717) is 0 Å². The van der Waals surface area contributed by atoms with Crippen LogP contribution < -0.4 is 4.74 Å². The number of hydrogen-bond acceptors (Lipinski definition) is 2. The summed E-state index contributed by atoms with van der Waals surface area (Å²) in [6, 6.07) is 8.28. The van der Waals surface area contributed by atoms with E-state index in [1.165, 1.54) is 50.9 Å². The molecule has 19 heavy (non-hydrogen) atoms. The van der Waals surface area contributed by atoms with Crippen LogP contribution in [0.4, 0.5) is 0 Å². The first kappa shape index (κ1) is 14.4. The number of ether oxygens (including phenoxy) is 1. The maximum Gasteiger partial charge on any atom is 0.119 e. The molecule has 0 amide bonds. The molecule has 1 aromatic rings. The molecule has 1 aromatic carbocycles. The Labute approximate surface area is 117 Å². The van der Waals surface area contributed by atoms with Gasteiger partial charge in [0.25, 0.3) is 0 Å². The Bertz CT molecular complexity index is 339. The third-order valence-electron chi connectivity index (χ3n) is 3.80. The zero-order valence-electron chi connectivity index (χ0n) is 11.9.